The highest BCUT2D eigenvalue weighted by Crippen LogP contribution is 2.30. The Morgan fingerprint density at radius 1 is 1.31 bits per heavy atom. The second-order valence-electron chi connectivity index (χ2n) is 6.51. The third-order valence-corrected chi connectivity index (χ3v) is 4.80. The summed E-state index contributed by atoms with van der Waals surface area (Å²) in [7, 11) is 0. The monoisotopic (exact) mass is 362 g/mol. The number of hydrogen-bond donors (Lipinski definition) is 4. The summed E-state index contributed by atoms with van der Waals surface area (Å²) < 4.78 is 0. The number of hydrogen-bond acceptors (Lipinski definition) is 6. The first-order valence-electron chi connectivity index (χ1n) is 8.66. The molecule has 1 atom stereocenters. The van der Waals surface area contributed by atoms with Crippen LogP contribution in [0.2, 0.25) is 0 Å². The van der Waals surface area contributed by atoms with E-state index in [0.29, 0.717) is 38.4 Å². The molecule has 0 aromatic carbocycles. The molecule has 3 rings (SSSR count). The molecule has 5 N–H and O–H groups in total. The van der Waals surface area contributed by atoms with Crippen LogP contribution >= 0.6 is 0 Å². The van der Waals surface area contributed by atoms with Crippen LogP contribution in [-0.2, 0) is 14.4 Å². The number of piperidine rings is 1. The molecule has 3 amide bonds. The van der Waals surface area contributed by atoms with Crippen LogP contribution in [0.15, 0.2) is 4.79 Å². The highest BCUT2D eigenvalue weighted by Gasteiger charge is 2.35. The summed E-state index contributed by atoms with van der Waals surface area (Å²) in [5.74, 6) is -1.66. The summed E-state index contributed by atoms with van der Waals surface area (Å²) in [5, 5.41) is 5.23. The standard InChI is InChI=1S/C16H22N6O4/c1-2-18-14(25)9-7-10(23)19-13-11(9)15(26)21-16(20-13)22-5-3-8(4-6-22)12(17)24/h8-9H,2-7H2,1H3,(H2,17,24)(H,18,25)(H2,19,20,21,23,26)/t9-/m1/s1. The largest absolute Gasteiger partial charge is 0.369 e. The quantitative estimate of drug-likeness (QED) is 0.541. The molecule has 1 aromatic heterocycles. The molecule has 10 nitrogen and oxygen atoms in total. The van der Waals surface area contributed by atoms with Crippen molar-refractivity contribution in [1.82, 2.24) is 15.3 Å². The molecule has 2 aliphatic rings. The Hall–Kier alpha value is -2.91. The van der Waals surface area contributed by atoms with Gasteiger partial charge in [-0.3, -0.25) is 24.2 Å². The minimum atomic E-state index is -0.857. The third kappa shape index (κ3) is 3.39. The van der Waals surface area contributed by atoms with E-state index in [2.05, 4.69) is 20.6 Å². The molecule has 0 aliphatic carbocycles. The van der Waals surface area contributed by atoms with E-state index >= 15 is 0 Å². The smallest absolute Gasteiger partial charge is 0.258 e. The number of amides is 3. The lowest BCUT2D eigenvalue weighted by Crippen LogP contribution is -2.42. The number of H-pyrrole nitrogens is 1. The number of primary amides is 1. The van der Waals surface area contributed by atoms with E-state index in [1.165, 1.54) is 0 Å². The number of anilines is 2. The van der Waals surface area contributed by atoms with Crippen LogP contribution in [0.1, 0.15) is 37.7 Å². The minimum absolute atomic E-state index is 0.0903. The van der Waals surface area contributed by atoms with E-state index in [4.69, 9.17) is 5.73 Å². The molecule has 1 aromatic rings. The van der Waals surface area contributed by atoms with Crippen molar-refractivity contribution in [3.8, 4) is 0 Å². The van der Waals surface area contributed by atoms with Gasteiger partial charge in [0.25, 0.3) is 5.56 Å². The van der Waals surface area contributed by atoms with Gasteiger partial charge in [-0.2, -0.15) is 4.98 Å². The van der Waals surface area contributed by atoms with Gasteiger partial charge in [-0.05, 0) is 19.8 Å². The minimum Gasteiger partial charge on any atom is -0.369 e. The molecule has 1 saturated heterocycles. The Kier molecular flexibility index (Phi) is 4.92. The summed E-state index contributed by atoms with van der Waals surface area (Å²) in [4.78, 5) is 56.9. The van der Waals surface area contributed by atoms with Crippen LogP contribution < -0.4 is 26.8 Å². The lowest BCUT2D eigenvalue weighted by Gasteiger charge is -2.32. The van der Waals surface area contributed by atoms with Crippen molar-refractivity contribution in [3.63, 3.8) is 0 Å². The average Bonchev–Trinajstić information content (AvgIpc) is 2.60. The maximum absolute atomic E-state index is 12.6. The number of nitrogens with one attached hydrogen (secondary N) is 3. The molecule has 0 bridgehead atoms. The van der Waals surface area contributed by atoms with Crippen LogP contribution in [0, 0.1) is 5.92 Å². The van der Waals surface area contributed by atoms with Gasteiger partial charge in [0.15, 0.2) is 0 Å². The normalized spacial score (nSPS) is 20.3. The number of aromatic nitrogens is 2. The van der Waals surface area contributed by atoms with Gasteiger partial charge in [-0.15, -0.1) is 0 Å². The van der Waals surface area contributed by atoms with Gasteiger partial charge < -0.3 is 21.3 Å². The zero-order valence-corrected chi connectivity index (χ0v) is 14.5. The first kappa shape index (κ1) is 17.9. The fourth-order valence-electron chi connectivity index (χ4n) is 3.41. The predicted molar refractivity (Wildman–Crippen MR) is 93.7 cm³/mol. The van der Waals surface area contributed by atoms with Crippen molar-refractivity contribution in [1.29, 1.82) is 0 Å². The molecule has 140 valence electrons. The fourth-order valence-corrected chi connectivity index (χ4v) is 3.41. The number of carbonyl (C=O) groups excluding carboxylic acids is 3. The summed E-state index contributed by atoms with van der Waals surface area (Å²) in [5.41, 5.74) is 5.06. The summed E-state index contributed by atoms with van der Waals surface area (Å²) in [6.45, 7) is 3.21. The first-order chi connectivity index (χ1) is 12.4. The zero-order chi connectivity index (χ0) is 18.8. The second kappa shape index (κ2) is 7.14. The molecular formula is C16H22N6O4. The van der Waals surface area contributed by atoms with E-state index < -0.39 is 11.5 Å². The number of aromatic amines is 1. The van der Waals surface area contributed by atoms with Crippen LogP contribution in [0.5, 0.6) is 0 Å². The van der Waals surface area contributed by atoms with Crippen molar-refractivity contribution < 1.29 is 14.4 Å². The van der Waals surface area contributed by atoms with Gasteiger partial charge in [0.2, 0.25) is 23.7 Å². The average molecular weight is 362 g/mol. The molecule has 0 unspecified atom stereocenters. The second-order valence-corrected chi connectivity index (χ2v) is 6.51. The Morgan fingerprint density at radius 2 is 2.00 bits per heavy atom. The Balaban J connectivity index is 1.89. The van der Waals surface area contributed by atoms with Crippen LogP contribution in [0.4, 0.5) is 11.8 Å². The number of carbonyl (C=O) groups is 3. The lowest BCUT2D eigenvalue weighted by atomic mass is 9.92. The first-order valence-corrected chi connectivity index (χ1v) is 8.66. The number of fused-ring (bicyclic) bond motifs is 1. The topological polar surface area (TPSA) is 150 Å². The van der Waals surface area contributed by atoms with Crippen molar-refractivity contribution in [2.24, 2.45) is 11.7 Å². The van der Waals surface area contributed by atoms with Crippen molar-refractivity contribution >= 4 is 29.5 Å². The molecule has 0 radical (unpaired) electrons. The molecule has 10 heteroatoms. The summed E-state index contributed by atoms with van der Waals surface area (Å²) in [6, 6.07) is 0. The van der Waals surface area contributed by atoms with E-state index in [-0.39, 0.29) is 41.4 Å². The fraction of sp³-hybridized carbons (Fsp3) is 0.562. The molecule has 1 fully saturated rings. The van der Waals surface area contributed by atoms with Crippen molar-refractivity contribution in [3.05, 3.63) is 15.9 Å². The summed E-state index contributed by atoms with van der Waals surface area (Å²) in [6.07, 6.45) is 1.06. The van der Waals surface area contributed by atoms with Crippen LogP contribution in [-0.4, -0.2) is 47.3 Å². The SMILES string of the molecule is CCNC(=O)[C@@H]1CC(=O)Nc2nc(N3CCC(C(N)=O)CC3)[nH]c(=O)c21. The number of likely N-dealkylation sites (N-methyl/N-ethyl adjacent to an activating group) is 1. The highest BCUT2D eigenvalue weighted by molar-refractivity contribution is 6.00. The van der Waals surface area contributed by atoms with Gasteiger partial charge in [0, 0.05) is 32.0 Å². The number of nitrogens with two attached hydrogens (primary N) is 1. The van der Waals surface area contributed by atoms with Crippen molar-refractivity contribution in [2.75, 3.05) is 29.9 Å². The van der Waals surface area contributed by atoms with Crippen LogP contribution in [0.25, 0.3) is 0 Å². The summed E-state index contributed by atoms with van der Waals surface area (Å²) >= 11 is 0. The molecule has 2 aliphatic heterocycles. The number of nitrogens with zero attached hydrogens (tertiary/aromatic N) is 2. The molecule has 0 saturated carbocycles. The van der Waals surface area contributed by atoms with E-state index in [9.17, 15) is 19.2 Å². The molecule has 3 heterocycles. The van der Waals surface area contributed by atoms with E-state index in [0.717, 1.165) is 0 Å². The van der Waals surface area contributed by atoms with Gasteiger partial charge in [-0.1, -0.05) is 0 Å². The van der Waals surface area contributed by atoms with Gasteiger partial charge in [-0.25, -0.2) is 0 Å². The molecule has 0 spiro atoms. The van der Waals surface area contributed by atoms with Crippen LogP contribution in [0.3, 0.4) is 0 Å². The maximum atomic E-state index is 12.6. The Labute approximate surface area is 149 Å². The van der Waals surface area contributed by atoms with E-state index in [1.54, 1.807) is 6.92 Å². The maximum Gasteiger partial charge on any atom is 0.258 e. The number of rotatable bonds is 4. The van der Waals surface area contributed by atoms with Gasteiger partial charge >= 0.3 is 0 Å². The predicted octanol–water partition coefficient (Wildman–Crippen LogP) is -0.966. The van der Waals surface area contributed by atoms with Gasteiger partial charge in [0.1, 0.15) is 5.82 Å². The highest BCUT2D eigenvalue weighted by atomic mass is 16.2. The molecule has 26 heavy (non-hydrogen) atoms. The lowest BCUT2D eigenvalue weighted by molar-refractivity contribution is -0.126. The van der Waals surface area contributed by atoms with E-state index in [1.807, 2.05) is 4.90 Å². The van der Waals surface area contributed by atoms with Crippen molar-refractivity contribution in [2.45, 2.75) is 32.1 Å². The third-order valence-electron chi connectivity index (χ3n) is 4.80. The Morgan fingerprint density at radius 3 is 2.62 bits per heavy atom. The Bertz CT molecular complexity index is 796. The zero-order valence-electron chi connectivity index (χ0n) is 14.5. The van der Waals surface area contributed by atoms with Gasteiger partial charge in [0.05, 0.1) is 11.5 Å². The molecular weight excluding hydrogens is 340 g/mol.